The van der Waals surface area contributed by atoms with Crippen LogP contribution in [-0.2, 0) is 23.0 Å². The molecule has 0 fully saturated rings. The van der Waals surface area contributed by atoms with E-state index in [1.807, 2.05) is 19.4 Å². The lowest BCUT2D eigenvalue weighted by Gasteiger charge is -2.02. The van der Waals surface area contributed by atoms with Gasteiger partial charge in [-0.15, -0.1) is 0 Å². The first kappa shape index (κ1) is 11.7. The van der Waals surface area contributed by atoms with Crippen molar-refractivity contribution in [2.75, 3.05) is 20.2 Å². The number of rotatable bonds is 6. The van der Waals surface area contributed by atoms with Gasteiger partial charge in [-0.2, -0.15) is 5.10 Å². The first-order valence-electron chi connectivity index (χ1n) is 4.97. The predicted molar refractivity (Wildman–Crippen MR) is 56.4 cm³/mol. The largest absolute Gasteiger partial charge is 0.469 e. The third-order valence-corrected chi connectivity index (χ3v) is 2.08. The molecule has 0 aliphatic rings. The Morgan fingerprint density at radius 2 is 2.40 bits per heavy atom. The summed E-state index contributed by atoms with van der Waals surface area (Å²) in [5.74, 6) is -0.177. The van der Waals surface area contributed by atoms with E-state index in [4.69, 9.17) is 0 Å². The highest BCUT2D eigenvalue weighted by atomic mass is 16.5. The monoisotopic (exact) mass is 211 g/mol. The summed E-state index contributed by atoms with van der Waals surface area (Å²) in [6.45, 7) is 1.51. The molecule has 0 amide bonds. The number of esters is 1. The molecule has 5 heteroatoms. The molecule has 1 aromatic rings. The SMILES string of the molecule is COC(=O)CCNCCc1cnn(C)c1. The second kappa shape index (κ2) is 6.19. The summed E-state index contributed by atoms with van der Waals surface area (Å²) in [7, 11) is 3.30. The number of methoxy groups -OCH3 is 1. The van der Waals surface area contributed by atoms with E-state index >= 15 is 0 Å². The molecule has 0 bridgehead atoms. The summed E-state index contributed by atoms with van der Waals surface area (Å²) in [5.41, 5.74) is 1.20. The van der Waals surface area contributed by atoms with Gasteiger partial charge in [0.25, 0.3) is 0 Å². The highest BCUT2D eigenvalue weighted by molar-refractivity contribution is 5.69. The summed E-state index contributed by atoms with van der Waals surface area (Å²) in [4.78, 5) is 10.8. The lowest BCUT2D eigenvalue weighted by Crippen LogP contribution is -2.21. The van der Waals surface area contributed by atoms with Crippen molar-refractivity contribution in [3.05, 3.63) is 18.0 Å². The lowest BCUT2D eigenvalue weighted by molar-refractivity contribution is -0.140. The molecule has 0 atom stereocenters. The van der Waals surface area contributed by atoms with Crippen LogP contribution in [0.15, 0.2) is 12.4 Å². The quantitative estimate of drug-likeness (QED) is 0.536. The van der Waals surface area contributed by atoms with Crippen molar-refractivity contribution in [2.24, 2.45) is 7.05 Å². The van der Waals surface area contributed by atoms with Gasteiger partial charge in [-0.25, -0.2) is 0 Å². The standard InChI is InChI=1S/C10H17N3O2/c1-13-8-9(7-12-13)3-5-11-6-4-10(14)15-2/h7-8,11H,3-6H2,1-2H3. The predicted octanol–water partition coefficient (Wildman–Crippen LogP) is 0.115. The minimum Gasteiger partial charge on any atom is -0.469 e. The smallest absolute Gasteiger partial charge is 0.306 e. The molecular weight excluding hydrogens is 194 g/mol. The van der Waals surface area contributed by atoms with E-state index in [9.17, 15) is 4.79 Å². The number of hydrogen-bond acceptors (Lipinski definition) is 4. The van der Waals surface area contributed by atoms with E-state index in [1.54, 1.807) is 4.68 Å². The molecule has 0 aromatic carbocycles. The Kier molecular flexibility index (Phi) is 4.83. The molecule has 0 aliphatic heterocycles. The molecule has 0 aliphatic carbocycles. The number of aryl methyl sites for hydroxylation is 1. The van der Waals surface area contributed by atoms with Gasteiger partial charge < -0.3 is 10.1 Å². The van der Waals surface area contributed by atoms with Crippen molar-refractivity contribution in [1.29, 1.82) is 0 Å². The maximum absolute atomic E-state index is 10.8. The number of nitrogens with one attached hydrogen (secondary N) is 1. The van der Waals surface area contributed by atoms with Crippen LogP contribution < -0.4 is 5.32 Å². The van der Waals surface area contributed by atoms with Crippen molar-refractivity contribution in [1.82, 2.24) is 15.1 Å². The molecule has 1 aromatic heterocycles. The van der Waals surface area contributed by atoms with Crippen LogP contribution in [-0.4, -0.2) is 35.9 Å². The van der Waals surface area contributed by atoms with Gasteiger partial charge in [0.15, 0.2) is 0 Å². The van der Waals surface area contributed by atoms with Crippen molar-refractivity contribution in [2.45, 2.75) is 12.8 Å². The van der Waals surface area contributed by atoms with Gasteiger partial charge in [-0.1, -0.05) is 0 Å². The van der Waals surface area contributed by atoms with Gasteiger partial charge in [0.05, 0.1) is 19.7 Å². The van der Waals surface area contributed by atoms with Crippen LogP contribution in [0.4, 0.5) is 0 Å². The van der Waals surface area contributed by atoms with Gasteiger partial charge in [0.2, 0.25) is 0 Å². The third kappa shape index (κ3) is 4.60. The van der Waals surface area contributed by atoms with Gasteiger partial charge in [-0.05, 0) is 18.5 Å². The molecule has 1 N–H and O–H groups in total. The topological polar surface area (TPSA) is 56.1 Å². The normalized spacial score (nSPS) is 10.3. The molecule has 15 heavy (non-hydrogen) atoms. The van der Waals surface area contributed by atoms with Crippen molar-refractivity contribution in [3.63, 3.8) is 0 Å². The van der Waals surface area contributed by atoms with Crippen LogP contribution >= 0.6 is 0 Å². The molecule has 1 heterocycles. The fraction of sp³-hybridized carbons (Fsp3) is 0.600. The molecule has 1 rings (SSSR count). The van der Waals surface area contributed by atoms with E-state index in [1.165, 1.54) is 12.7 Å². The number of carbonyl (C=O) groups is 1. The first-order chi connectivity index (χ1) is 7.22. The van der Waals surface area contributed by atoms with E-state index < -0.39 is 0 Å². The molecule has 0 saturated heterocycles. The third-order valence-electron chi connectivity index (χ3n) is 2.08. The fourth-order valence-corrected chi connectivity index (χ4v) is 1.25. The summed E-state index contributed by atoms with van der Waals surface area (Å²) >= 11 is 0. The van der Waals surface area contributed by atoms with E-state index in [-0.39, 0.29) is 5.97 Å². The van der Waals surface area contributed by atoms with Crippen LogP contribution in [0.2, 0.25) is 0 Å². The van der Waals surface area contributed by atoms with Crippen LogP contribution in [0.25, 0.3) is 0 Å². The highest BCUT2D eigenvalue weighted by Crippen LogP contribution is 1.95. The summed E-state index contributed by atoms with van der Waals surface area (Å²) in [5, 5.41) is 7.24. The minimum absolute atomic E-state index is 0.177. The Morgan fingerprint density at radius 3 is 3.00 bits per heavy atom. The van der Waals surface area contributed by atoms with Gasteiger partial charge in [0, 0.05) is 19.8 Å². The number of nitrogens with zero attached hydrogens (tertiary/aromatic N) is 2. The molecule has 5 nitrogen and oxygen atoms in total. The summed E-state index contributed by atoms with van der Waals surface area (Å²) in [6, 6.07) is 0. The Hall–Kier alpha value is -1.36. The van der Waals surface area contributed by atoms with Crippen LogP contribution in [0.1, 0.15) is 12.0 Å². The average molecular weight is 211 g/mol. The number of ether oxygens (including phenoxy) is 1. The fourth-order valence-electron chi connectivity index (χ4n) is 1.25. The van der Waals surface area contributed by atoms with Gasteiger partial charge >= 0.3 is 5.97 Å². The Morgan fingerprint density at radius 1 is 1.60 bits per heavy atom. The zero-order valence-electron chi connectivity index (χ0n) is 9.19. The van der Waals surface area contributed by atoms with Gasteiger partial charge in [0.1, 0.15) is 0 Å². The Labute approximate surface area is 89.4 Å². The molecule has 0 radical (unpaired) electrons. The van der Waals surface area contributed by atoms with Gasteiger partial charge in [-0.3, -0.25) is 9.48 Å². The van der Waals surface area contributed by atoms with Crippen LogP contribution in [0.5, 0.6) is 0 Å². The lowest BCUT2D eigenvalue weighted by atomic mass is 10.2. The van der Waals surface area contributed by atoms with Crippen LogP contribution in [0.3, 0.4) is 0 Å². The summed E-state index contributed by atoms with van der Waals surface area (Å²) < 4.78 is 6.31. The van der Waals surface area contributed by atoms with Crippen molar-refractivity contribution >= 4 is 5.97 Å². The molecule has 84 valence electrons. The maximum Gasteiger partial charge on any atom is 0.306 e. The average Bonchev–Trinajstić information content (AvgIpc) is 2.63. The minimum atomic E-state index is -0.177. The zero-order valence-corrected chi connectivity index (χ0v) is 9.19. The molecule has 0 unspecified atom stereocenters. The van der Waals surface area contributed by atoms with E-state index in [2.05, 4.69) is 15.2 Å². The van der Waals surface area contributed by atoms with Crippen molar-refractivity contribution in [3.8, 4) is 0 Å². The molecular formula is C10H17N3O2. The highest BCUT2D eigenvalue weighted by Gasteiger charge is 1.99. The van der Waals surface area contributed by atoms with Crippen LogP contribution in [0, 0.1) is 0 Å². The van der Waals surface area contributed by atoms with E-state index in [0.717, 1.165) is 13.0 Å². The second-order valence-electron chi connectivity index (χ2n) is 3.35. The summed E-state index contributed by atoms with van der Waals surface area (Å²) in [6.07, 6.45) is 5.18. The molecule has 0 saturated carbocycles. The molecule has 0 spiro atoms. The zero-order chi connectivity index (χ0) is 11.1. The maximum atomic E-state index is 10.8. The Bertz CT molecular complexity index is 309. The second-order valence-corrected chi connectivity index (χ2v) is 3.35. The van der Waals surface area contributed by atoms with E-state index in [0.29, 0.717) is 13.0 Å². The number of aromatic nitrogens is 2. The first-order valence-corrected chi connectivity index (χ1v) is 4.97. The number of carbonyl (C=O) groups excluding carboxylic acids is 1. The number of hydrogen-bond donors (Lipinski definition) is 1. The Balaban J connectivity index is 2.05. The van der Waals surface area contributed by atoms with Crippen molar-refractivity contribution < 1.29 is 9.53 Å².